The molecule has 18 heavy (non-hydrogen) atoms. The van der Waals surface area contributed by atoms with Gasteiger partial charge in [-0.05, 0) is 19.1 Å². The molecule has 0 aliphatic rings. The first-order valence-corrected chi connectivity index (χ1v) is 6.10. The molecule has 0 saturated carbocycles. The van der Waals surface area contributed by atoms with Gasteiger partial charge in [-0.25, -0.2) is 4.79 Å². The van der Waals surface area contributed by atoms with Crippen molar-refractivity contribution in [1.82, 2.24) is 0 Å². The van der Waals surface area contributed by atoms with Crippen LogP contribution in [0.2, 0.25) is 0 Å². The van der Waals surface area contributed by atoms with Crippen LogP contribution in [0.1, 0.15) is 6.92 Å². The van der Waals surface area contributed by atoms with Crippen LogP contribution in [-0.4, -0.2) is 24.0 Å². The van der Waals surface area contributed by atoms with Gasteiger partial charge in [0.2, 0.25) is 0 Å². The summed E-state index contributed by atoms with van der Waals surface area (Å²) in [6, 6.07) is 7.42. The van der Waals surface area contributed by atoms with Gasteiger partial charge in [0.05, 0.1) is 4.90 Å². The molecule has 2 N–H and O–H groups in total. The number of aliphatic carboxylic acids is 1. The zero-order chi connectivity index (χ0) is 14.8. The lowest BCUT2D eigenvalue weighted by atomic mass is 10.4. The van der Waals surface area contributed by atoms with E-state index in [4.69, 9.17) is 9.66 Å². The molecule has 0 radical (unpaired) electrons. The highest BCUT2D eigenvalue weighted by Gasteiger charge is 2.05. The van der Waals surface area contributed by atoms with E-state index in [0.29, 0.717) is 0 Å². The molecule has 5 nitrogen and oxygen atoms in total. The largest absolute Gasteiger partial charge is 0.478 e. The average molecular weight is 272 g/mol. The Morgan fingerprint density at radius 1 is 1.17 bits per heavy atom. The van der Waals surface area contributed by atoms with Gasteiger partial charge in [0.25, 0.3) is 10.1 Å². The summed E-state index contributed by atoms with van der Waals surface area (Å²) in [5, 5.41) is 7.89. The molecule has 0 spiro atoms. The Balaban J connectivity index is 0. The highest BCUT2D eigenvalue weighted by atomic mass is 32.2. The summed E-state index contributed by atoms with van der Waals surface area (Å²) in [6.45, 7) is 10.6. The molecule has 1 aromatic carbocycles. The number of benzene rings is 1. The second-order valence-corrected chi connectivity index (χ2v) is 4.30. The fourth-order valence-electron chi connectivity index (χ4n) is 0.592. The van der Waals surface area contributed by atoms with Crippen LogP contribution in [-0.2, 0) is 14.9 Å². The van der Waals surface area contributed by atoms with E-state index < -0.39 is 16.1 Å². The van der Waals surface area contributed by atoms with Gasteiger partial charge in [0, 0.05) is 5.57 Å². The summed E-state index contributed by atoms with van der Waals surface area (Å²) < 4.78 is 29.2. The molecule has 100 valence electrons. The van der Waals surface area contributed by atoms with Crippen molar-refractivity contribution in [1.29, 1.82) is 0 Å². The summed E-state index contributed by atoms with van der Waals surface area (Å²) >= 11 is 0. The van der Waals surface area contributed by atoms with E-state index >= 15 is 0 Å². The quantitative estimate of drug-likeness (QED) is 0.490. The Morgan fingerprint density at radius 3 is 1.67 bits per heavy atom. The average Bonchev–Trinajstić information content (AvgIpc) is 2.32. The summed E-state index contributed by atoms with van der Waals surface area (Å²) in [5.41, 5.74) is 0.176. The van der Waals surface area contributed by atoms with E-state index in [2.05, 4.69) is 19.7 Å². The van der Waals surface area contributed by atoms with E-state index in [9.17, 15) is 13.2 Å². The lowest BCUT2D eigenvalue weighted by Crippen LogP contribution is -1.96. The Bertz CT molecular complexity index is 464. The van der Waals surface area contributed by atoms with Gasteiger partial charge in [-0.3, -0.25) is 4.55 Å². The minimum Gasteiger partial charge on any atom is -0.478 e. The molecule has 0 unspecified atom stereocenters. The Kier molecular flexibility index (Phi) is 9.37. The molecule has 0 atom stereocenters. The molecule has 0 heterocycles. The number of hydrogen-bond acceptors (Lipinski definition) is 3. The molecule has 6 heteroatoms. The van der Waals surface area contributed by atoms with Gasteiger partial charge < -0.3 is 5.11 Å². The van der Waals surface area contributed by atoms with E-state index in [1.54, 1.807) is 18.2 Å². The number of carbonyl (C=O) groups is 1. The van der Waals surface area contributed by atoms with Crippen molar-refractivity contribution in [2.24, 2.45) is 0 Å². The van der Waals surface area contributed by atoms with E-state index in [1.165, 1.54) is 19.1 Å². The minimum absolute atomic E-state index is 0.0741. The summed E-state index contributed by atoms with van der Waals surface area (Å²) in [5.74, 6) is -0.935. The summed E-state index contributed by atoms with van der Waals surface area (Å²) in [4.78, 5) is 9.53. The third kappa shape index (κ3) is 9.32. The SMILES string of the molecule is C=C.C=C(C)C(=O)O.O=S(=O)(O)c1ccccc1. The number of carboxylic acid groups (broad SMARTS) is 1. The number of hydrogen-bond donors (Lipinski definition) is 2. The molecule has 0 aliphatic heterocycles. The van der Waals surface area contributed by atoms with Crippen molar-refractivity contribution < 1.29 is 22.9 Å². The molecule has 0 fully saturated rings. The topological polar surface area (TPSA) is 91.7 Å². The van der Waals surface area contributed by atoms with Crippen molar-refractivity contribution in [2.75, 3.05) is 0 Å². The van der Waals surface area contributed by atoms with Gasteiger partial charge >= 0.3 is 5.97 Å². The van der Waals surface area contributed by atoms with E-state index in [1.807, 2.05) is 0 Å². The first-order valence-electron chi connectivity index (χ1n) is 4.66. The molecule has 0 aliphatic carbocycles. The molecule has 1 aromatic rings. The first kappa shape index (κ1) is 18.4. The molecule has 1 rings (SSSR count). The molecule has 0 bridgehead atoms. The Morgan fingerprint density at radius 2 is 1.50 bits per heavy atom. The zero-order valence-electron chi connectivity index (χ0n) is 10.0. The minimum atomic E-state index is -4.00. The van der Waals surface area contributed by atoms with Gasteiger partial charge in [0.1, 0.15) is 0 Å². The van der Waals surface area contributed by atoms with Crippen LogP contribution in [0.15, 0.2) is 60.5 Å². The van der Waals surface area contributed by atoms with Crippen LogP contribution in [0.25, 0.3) is 0 Å². The maximum Gasteiger partial charge on any atom is 0.330 e. The zero-order valence-corrected chi connectivity index (χ0v) is 10.9. The highest BCUT2D eigenvalue weighted by Crippen LogP contribution is 2.05. The summed E-state index contributed by atoms with van der Waals surface area (Å²) in [7, 11) is -4.00. The van der Waals surface area contributed by atoms with Crippen LogP contribution in [0.3, 0.4) is 0 Å². The van der Waals surface area contributed by atoms with Crippen molar-refractivity contribution in [3.05, 3.63) is 55.6 Å². The summed E-state index contributed by atoms with van der Waals surface area (Å²) in [6.07, 6.45) is 0. The van der Waals surface area contributed by atoms with Crippen LogP contribution >= 0.6 is 0 Å². The Hall–Kier alpha value is -1.92. The van der Waals surface area contributed by atoms with Crippen LogP contribution in [0.4, 0.5) is 0 Å². The van der Waals surface area contributed by atoms with Crippen molar-refractivity contribution in [3.63, 3.8) is 0 Å². The second-order valence-electron chi connectivity index (χ2n) is 2.87. The Labute approximate surface area is 107 Å². The van der Waals surface area contributed by atoms with Crippen LogP contribution in [0.5, 0.6) is 0 Å². The molecule has 0 saturated heterocycles. The lowest BCUT2D eigenvalue weighted by molar-refractivity contribution is -0.132. The van der Waals surface area contributed by atoms with Crippen molar-refractivity contribution >= 4 is 16.1 Å². The van der Waals surface area contributed by atoms with E-state index in [-0.39, 0.29) is 10.5 Å². The lowest BCUT2D eigenvalue weighted by Gasteiger charge is -1.92. The molecular weight excluding hydrogens is 256 g/mol. The van der Waals surface area contributed by atoms with Gasteiger partial charge in [0.15, 0.2) is 0 Å². The molecule has 0 aromatic heterocycles. The van der Waals surface area contributed by atoms with Crippen LogP contribution in [0, 0.1) is 0 Å². The third-order valence-corrected chi connectivity index (χ3v) is 2.27. The smallest absolute Gasteiger partial charge is 0.330 e. The fraction of sp³-hybridized carbons (Fsp3) is 0.0833. The number of rotatable bonds is 2. The van der Waals surface area contributed by atoms with Crippen LogP contribution < -0.4 is 0 Å². The monoisotopic (exact) mass is 272 g/mol. The molecule has 0 amide bonds. The fourth-order valence-corrected chi connectivity index (χ4v) is 1.09. The highest BCUT2D eigenvalue weighted by molar-refractivity contribution is 7.85. The standard InChI is InChI=1S/C6H6O3S.C4H6O2.C2H4/c7-10(8,9)6-4-2-1-3-5-6;1-3(2)4(5)6;1-2/h1-5H,(H,7,8,9);1H2,2H3,(H,5,6);1-2H2. The first-order chi connectivity index (χ1) is 8.25. The van der Waals surface area contributed by atoms with E-state index in [0.717, 1.165) is 0 Å². The van der Waals surface area contributed by atoms with Gasteiger partial charge in [-0.15, -0.1) is 13.2 Å². The molecular formula is C12H16O5S. The van der Waals surface area contributed by atoms with Gasteiger partial charge in [-0.2, -0.15) is 8.42 Å². The predicted octanol–water partition coefficient (Wildman–Crippen LogP) is 2.38. The maximum atomic E-state index is 10.4. The maximum absolute atomic E-state index is 10.4. The second kappa shape index (κ2) is 9.15. The van der Waals surface area contributed by atoms with Crippen molar-refractivity contribution in [2.45, 2.75) is 11.8 Å². The van der Waals surface area contributed by atoms with Crippen molar-refractivity contribution in [3.8, 4) is 0 Å². The number of carboxylic acids is 1. The van der Waals surface area contributed by atoms with Gasteiger partial charge in [-0.1, -0.05) is 24.8 Å². The third-order valence-electron chi connectivity index (χ3n) is 1.41. The predicted molar refractivity (Wildman–Crippen MR) is 70.0 cm³/mol. The normalized spacial score (nSPS) is 9.00.